The molecule has 0 radical (unpaired) electrons. The number of benzene rings is 1. The van der Waals surface area contributed by atoms with E-state index in [2.05, 4.69) is 21.2 Å². The van der Waals surface area contributed by atoms with E-state index in [0.717, 1.165) is 10.0 Å². The topological polar surface area (TPSA) is 69.6 Å². The maximum Gasteiger partial charge on any atom is 0.326 e. The van der Waals surface area contributed by atoms with Crippen LogP contribution in [0.1, 0.15) is 25.8 Å². The summed E-state index contributed by atoms with van der Waals surface area (Å²) < 4.78 is 0.973. The number of carbonyl (C=O) groups excluding carboxylic acids is 1. The molecule has 0 heterocycles. The van der Waals surface area contributed by atoms with Crippen LogP contribution in [0.15, 0.2) is 28.7 Å². The molecule has 0 aromatic heterocycles. The zero-order valence-electron chi connectivity index (χ0n) is 12.5. The van der Waals surface area contributed by atoms with Crippen molar-refractivity contribution in [1.82, 2.24) is 10.2 Å². The zero-order chi connectivity index (χ0) is 16.0. The lowest BCUT2D eigenvalue weighted by atomic mass is 9.99. The van der Waals surface area contributed by atoms with Gasteiger partial charge in [0.2, 0.25) is 0 Å². The van der Waals surface area contributed by atoms with Gasteiger partial charge >= 0.3 is 12.0 Å². The molecule has 1 aromatic rings. The van der Waals surface area contributed by atoms with E-state index >= 15 is 0 Å². The number of rotatable bonds is 6. The molecule has 0 bridgehead atoms. The molecule has 0 aliphatic rings. The normalized spacial score (nSPS) is 13.3. The lowest BCUT2D eigenvalue weighted by Crippen LogP contribution is -2.49. The first-order chi connectivity index (χ1) is 9.85. The molecule has 0 fully saturated rings. The van der Waals surface area contributed by atoms with Gasteiger partial charge in [0, 0.05) is 18.1 Å². The van der Waals surface area contributed by atoms with Gasteiger partial charge in [0.05, 0.1) is 0 Å². The molecule has 2 amide bonds. The number of halogens is 1. The molecule has 0 saturated carbocycles. The fraction of sp³-hybridized carbons (Fsp3) is 0.467. The molecule has 1 aromatic carbocycles. The van der Waals surface area contributed by atoms with E-state index in [0.29, 0.717) is 13.0 Å². The summed E-state index contributed by atoms with van der Waals surface area (Å²) in [6.07, 6.45) is 0.688. The first kappa shape index (κ1) is 17.5. The molecule has 0 aliphatic heterocycles. The minimum Gasteiger partial charge on any atom is -0.480 e. The predicted octanol–water partition coefficient (Wildman–Crippen LogP) is 3.09. The van der Waals surface area contributed by atoms with Crippen LogP contribution in [0.3, 0.4) is 0 Å². The molecular weight excluding hydrogens is 336 g/mol. The van der Waals surface area contributed by atoms with Crippen LogP contribution in [-0.4, -0.2) is 35.1 Å². The molecule has 6 heteroatoms. The summed E-state index contributed by atoms with van der Waals surface area (Å²) in [6.45, 7) is 4.14. The number of aliphatic carboxylic acids is 1. The first-order valence-corrected chi connectivity index (χ1v) is 7.63. The summed E-state index contributed by atoms with van der Waals surface area (Å²) >= 11 is 3.35. The van der Waals surface area contributed by atoms with Crippen molar-refractivity contribution in [3.8, 4) is 0 Å². The van der Waals surface area contributed by atoms with E-state index in [-0.39, 0.29) is 11.9 Å². The predicted molar refractivity (Wildman–Crippen MR) is 85.0 cm³/mol. The molecular formula is C15H21BrN2O3. The van der Waals surface area contributed by atoms with Gasteiger partial charge in [-0.25, -0.2) is 9.59 Å². The van der Waals surface area contributed by atoms with Crippen molar-refractivity contribution in [3.63, 3.8) is 0 Å². The number of hydrogen-bond donors (Lipinski definition) is 2. The number of hydrogen-bond acceptors (Lipinski definition) is 2. The summed E-state index contributed by atoms with van der Waals surface area (Å²) in [5.74, 6) is -1.12. The van der Waals surface area contributed by atoms with Gasteiger partial charge in [-0.1, -0.05) is 48.3 Å². The van der Waals surface area contributed by atoms with Crippen molar-refractivity contribution in [2.24, 2.45) is 5.92 Å². The Labute approximate surface area is 133 Å². The second-order valence-electron chi connectivity index (χ2n) is 5.13. The molecule has 2 N–H and O–H groups in total. The van der Waals surface area contributed by atoms with Crippen molar-refractivity contribution in [2.75, 3.05) is 7.05 Å². The fourth-order valence-electron chi connectivity index (χ4n) is 1.86. The Kier molecular flexibility index (Phi) is 6.68. The summed E-state index contributed by atoms with van der Waals surface area (Å²) in [6, 6.07) is 6.38. The molecule has 0 spiro atoms. The van der Waals surface area contributed by atoms with E-state index in [1.807, 2.05) is 38.1 Å². The van der Waals surface area contributed by atoms with Crippen LogP contribution < -0.4 is 5.32 Å². The number of carboxylic acid groups (broad SMARTS) is 1. The van der Waals surface area contributed by atoms with Gasteiger partial charge in [0.15, 0.2) is 0 Å². The SMILES string of the molecule is CCC(C)[C@H](NC(=O)N(C)Cc1ccc(Br)cc1)C(=O)O. The summed E-state index contributed by atoms with van der Waals surface area (Å²) in [7, 11) is 1.65. The Morgan fingerprint density at radius 1 is 1.33 bits per heavy atom. The minimum atomic E-state index is -1.00. The Morgan fingerprint density at radius 2 is 1.90 bits per heavy atom. The van der Waals surface area contributed by atoms with Gasteiger partial charge < -0.3 is 15.3 Å². The maximum absolute atomic E-state index is 12.1. The molecule has 21 heavy (non-hydrogen) atoms. The molecule has 0 saturated heterocycles. The van der Waals surface area contributed by atoms with Crippen LogP contribution >= 0.6 is 15.9 Å². The van der Waals surface area contributed by atoms with E-state index in [1.54, 1.807) is 7.05 Å². The Morgan fingerprint density at radius 3 is 2.38 bits per heavy atom. The van der Waals surface area contributed by atoms with Crippen LogP contribution in [0.4, 0.5) is 4.79 Å². The van der Waals surface area contributed by atoms with E-state index < -0.39 is 12.0 Å². The van der Waals surface area contributed by atoms with Gasteiger partial charge in [-0.15, -0.1) is 0 Å². The van der Waals surface area contributed by atoms with Gasteiger partial charge in [-0.2, -0.15) is 0 Å². The van der Waals surface area contributed by atoms with Gasteiger partial charge in [-0.05, 0) is 23.6 Å². The summed E-state index contributed by atoms with van der Waals surface area (Å²) in [4.78, 5) is 24.8. The second-order valence-corrected chi connectivity index (χ2v) is 6.05. The summed E-state index contributed by atoms with van der Waals surface area (Å²) in [5.41, 5.74) is 0.978. The fourth-order valence-corrected chi connectivity index (χ4v) is 2.13. The molecule has 2 atom stereocenters. The quantitative estimate of drug-likeness (QED) is 0.822. The Balaban J connectivity index is 2.64. The highest BCUT2D eigenvalue weighted by Crippen LogP contribution is 2.12. The number of urea groups is 1. The van der Waals surface area contributed by atoms with E-state index in [4.69, 9.17) is 0 Å². The molecule has 5 nitrogen and oxygen atoms in total. The van der Waals surface area contributed by atoms with E-state index in [9.17, 15) is 14.7 Å². The highest BCUT2D eigenvalue weighted by atomic mass is 79.9. The van der Waals surface area contributed by atoms with Crippen LogP contribution in [0, 0.1) is 5.92 Å². The largest absolute Gasteiger partial charge is 0.480 e. The number of nitrogens with one attached hydrogen (secondary N) is 1. The molecule has 116 valence electrons. The minimum absolute atomic E-state index is 0.118. The van der Waals surface area contributed by atoms with Crippen molar-refractivity contribution >= 4 is 27.9 Å². The number of amides is 2. The smallest absolute Gasteiger partial charge is 0.326 e. The van der Waals surface area contributed by atoms with Gasteiger partial charge in [0.25, 0.3) is 0 Å². The highest BCUT2D eigenvalue weighted by molar-refractivity contribution is 9.10. The Bertz CT molecular complexity index is 490. The molecule has 1 unspecified atom stereocenters. The monoisotopic (exact) mass is 356 g/mol. The van der Waals surface area contributed by atoms with Crippen LogP contribution in [0.25, 0.3) is 0 Å². The lowest BCUT2D eigenvalue weighted by molar-refractivity contribution is -0.140. The third kappa shape index (κ3) is 5.38. The van der Waals surface area contributed by atoms with Crippen LogP contribution in [0.5, 0.6) is 0 Å². The molecule has 1 rings (SSSR count). The lowest BCUT2D eigenvalue weighted by Gasteiger charge is -2.24. The van der Waals surface area contributed by atoms with Crippen molar-refractivity contribution in [3.05, 3.63) is 34.3 Å². The van der Waals surface area contributed by atoms with E-state index in [1.165, 1.54) is 4.90 Å². The van der Waals surface area contributed by atoms with Crippen LogP contribution in [-0.2, 0) is 11.3 Å². The third-order valence-electron chi connectivity index (χ3n) is 3.44. The average molecular weight is 357 g/mol. The second kappa shape index (κ2) is 8.02. The third-order valence-corrected chi connectivity index (χ3v) is 3.97. The number of carboxylic acids is 1. The Hall–Kier alpha value is -1.56. The molecule has 0 aliphatic carbocycles. The zero-order valence-corrected chi connectivity index (χ0v) is 14.1. The maximum atomic E-state index is 12.1. The first-order valence-electron chi connectivity index (χ1n) is 6.84. The number of carbonyl (C=O) groups is 2. The highest BCUT2D eigenvalue weighted by Gasteiger charge is 2.26. The van der Waals surface area contributed by atoms with Crippen molar-refractivity contribution in [1.29, 1.82) is 0 Å². The van der Waals surface area contributed by atoms with Gasteiger partial charge in [0.1, 0.15) is 6.04 Å². The van der Waals surface area contributed by atoms with Crippen molar-refractivity contribution < 1.29 is 14.7 Å². The standard InChI is InChI=1S/C15H21BrN2O3/c1-4-10(2)13(14(19)20)17-15(21)18(3)9-11-5-7-12(16)8-6-11/h5-8,10,13H,4,9H2,1-3H3,(H,17,21)(H,19,20)/t10?,13-/m0/s1. The van der Waals surface area contributed by atoms with Crippen molar-refractivity contribution in [2.45, 2.75) is 32.9 Å². The summed E-state index contributed by atoms with van der Waals surface area (Å²) in [5, 5.41) is 11.8. The van der Waals surface area contributed by atoms with Gasteiger partial charge in [-0.3, -0.25) is 0 Å². The number of nitrogens with zero attached hydrogens (tertiary/aromatic N) is 1. The average Bonchev–Trinajstić information content (AvgIpc) is 2.45. The van der Waals surface area contributed by atoms with Crippen LogP contribution in [0.2, 0.25) is 0 Å².